The summed E-state index contributed by atoms with van der Waals surface area (Å²) >= 11 is 0. The Balaban J connectivity index is 1.65. The second-order valence-electron chi connectivity index (χ2n) is 6.17. The Bertz CT molecular complexity index is 888. The van der Waals surface area contributed by atoms with Gasteiger partial charge in [-0.05, 0) is 38.2 Å². The molecule has 25 heavy (non-hydrogen) atoms. The van der Waals surface area contributed by atoms with Crippen LogP contribution in [0.3, 0.4) is 0 Å². The number of hydrogen-bond acceptors (Lipinski definition) is 8. The van der Waals surface area contributed by atoms with E-state index in [1.165, 1.54) is 12.8 Å². The SMILES string of the molecule is CNc1ncc(-c2ccnc(Nc3cc(C)no3)n2)c(CC2CC2)n1. The summed E-state index contributed by atoms with van der Waals surface area (Å²) in [5.74, 6) is 2.30. The fraction of sp³-hybridized carbons (Fsp3) is 0.353. The van der Waals surface area contributed by atoms with Crippen LogP contribution in [0.25, 0.3) is 11.3 Å². The van der Waals surface area contributed by atoms with Gasteiger partial charge >= 0.3 is 0 Å². The summed E-state index contributed by atoms with van der Waals surface area (Å²) in [5, 5.41) is 9.87. The van der Waals surface area contributed by atoms with Crippen molar-refractivity contribution in [2.75, 3.05) is 17.7 Å². The van der Waals surface area contributed by atoms with Gasteiger partial charge in [0.15, 0.2) is 0 Å². The maximum Gasteiger partial charge on any atom is 0.231 e. The van der Waals surface area contributed by atoms with Crippen molar-refractivity contribution in [3.63, 3.8) is 0 Å². The summed E-state index contributed by atoms with van der Waals surface area (Å²) < 4.78 is 5.15. The summed E-state index contributed by atoms with van der Waals surface area (Å²) in [6.45, 7) is 1.86. The maximum absolute atomic E-state index is 5.15. The van der Waals surface area contributed by atoms with Crippen LogP contribution >= 0.6 is 0 Å². The second-order valence-corrected chi connectivity index (χ2v) is 6.17. The van der Waals surface area contributed by atoms with E-state index in [4.69, 9.17) is 4.52 Å². The third-order valence-electron chi connectivity index (χ3n) is 4.06. The number of nitrogens with zero attached hydrogens (tertiary/aromatic N) is 5. The van der Waals surface area contributed by atoms with E-state index in [9.17, 15) is 0 Å². The molecule has 8 heteroatoms. The Morgan fingerprint density at radius 3 is 2.80 bits per heavy atom. The quantitative estimate of drug-likeness (QED) is 0.708. The molecule has 1 fully saturated rings. The number of hydrogen-bond donors (Lipinski definition) is 2. The molecule has 0 saturated heterocycles. The van der Waals surface area contributed by atoms with Crippen molar-refractivity contribution in [1.82, 2.24) is 25.1 Å². The minimum absolute atomic E-state index is 0.448. The average Bonchev–Trinajstić information content (AvgIpc) is 3.35. The number of rotatable bonds is 6. The molecule has 0 aliphatic heterocycles. The van der Waals surface area contributed by atoms with Gasteiger partial charge in [0, 0.05) is 31.1 Å². The highest BCUT2D eigenvalue weighted by Crippen LogP contribution is 2.35. The predicted octanol–water partition coefficient (Wildman–Crippen LogP) is 2.97. The summed E-state index contributed by atoms with van der Waals surface area (Å²) in [5.41, 5.74) is 3.53. The highest BCUT2D eigenvalue weighted by molar-refractivity contribution is 5.63. The molecule has 0 spiro atoms. The lowest BCUT2D eigenvalue weighted by molar-refractivity contribution is 0.429. The molecular weight excluding hydrogens is 318 g/mol. The summed E-state index contributed by atoms with van der Waals surface area (Å²) in [6.07, 6.45) is 7.00. The standard InChI is InChI=1S/C17H19N7O/c1-10-7-15(25-24-10)23-17-19-6-5-13(21-17)12-9-20-16(18-2)22-14(12)8-11-3-4-11/h5-7,9,11H,3-4,8H2,1-2H3,(H,18,20,22)(H,19,21,23). The summed E-state index contributed by atoms with van der Waals surface area (Å²) in [6, 6.07) is 3.66. The van der Waals surface area contributed by atoms with Gasteiger partial charge in [-0.1, -0.05) is 5.16 Å². The van der Waals surface area contributed by atoms with Gasteiger partial charge in [0.05, 0.1) is 17.1 Å². The van der Waals surface area contributed by atoms with Gasteiger partial charge < -0.3 is 9.84 Å². The minimum atomic E-state index is 0.448. The Morgan fingerprint density at radius 1 is 1.20 bits per heavy atom. The lowest BCUT2D eigenvalue weighted by atomic mass is 10.1. The van der Waals surface area contributed by atoms with Crippen LogP contribution in [-0.2, 0) is 6.42 Å². The lowest BCUT2D eigenvalue weighted by Crippen LogP contribution is -2.05. The normalized spacial score (nSPS) is 13.7. The minimum Gasteiger partial charge on any atom is -0.357 e. The molecule has 1 saturated carbocycles. The van der Waals surface area contributed by atoms with Crippen LogP contribution < -0.4 is 10.6 Å². The number of aryl methyl sites for hydroxylation is 1. The Labute approximate surface area is 145 Å². The largest absolute Gasteiger partial charge is 0.357 e. The third-order valence-corrected chi connectivity index (χ3v) is 4.06. The molecule has 0 unspecified atom stereocenters. The molecule has 3 aromatic heterocycles. The first-order chi connectivity index (χ1) is 12.2. The van der Waals surface area contributed by atoms with E-state index in [1.54, 1.807) is 12.3 Å². The Hall–Kier alpha value is -3.03. The fourth-order valence-corrected chi connectivity index (χ4v) is 2.60. The van der Waals surface area contributed by atoms with Gasteiger partial charge in [0.2, 0.25) is 17.8 Å². The van der Waals surface area contributed by atoms with Crippen LogP contribution in [-0.4, -0.2) is 32.1 Å². The summed E-state index contributed by atoms with van der Waals surface area (Å²) in [4.78, 5) is 17.8. The van der Waals surface area contributed by atoms with Crippen LogP contribution in [0, 0.1) is 12.8 Å². The summed E-state index contributed by atoms with van der Waals surface area (Å²) in [7, 11) is 1.82. The molecule has 0 amide bonds. The van der Waals surface area contributed by atoms with Crippen molar-refractivity contribution >= 4 is 17.8 Å². The van der Waals surface area contributed by atoms with E-state index in [1.807, 2.05) is 26.2 Å². The van der Waals surface area contributed by atoms with Gasteiger partial charge in [-0.15, -0.1) is 0 Å². The topological polar surface area (TPSA) is 102 Å². The molecule has 0 atom stereocenters. The van der Waals surface area contributed by atoms with Crippen molar-refractivity contribution < 1.29 is 4.52 Å². The zero-order valence-electron chi connectivity index (χ0n) is 14.2. The monoisotopic (exact) mass is 337 g/mol. The molecule has 0 radical (unpaired) electrons. The number of nitrogens with one attached hydrogen (secondary N) is 2. The fourth-order valence-electron chi connectivity index (χ4n) is 2.60. The van der Waals surface area contributed by atoms with E-state index in [-0.39, 0.29) is 0 Å². The molecule has 1 aliphatic rings. The van der Waals surface area contributed by atoms with Crippen molar-refractivity contribution in [1.29, 1.82) is 0 Å². The van der Waals surface area contributed by atoms with Gasteiger partial charge in [-0.25, -0.2) is 19.9 Å². The van der Waals surface area contributed by atoms with Gasteiger partial charge in [0.25, 0.3) is 0 Å². The zero-order chi connectivity index (χ0) is 17.2. The highest BCUT2D eigenvalue weighted by Gasteiger charge is 2.24. The molecule has 128 valence electrons. The predicted molar refractivity (Wildman–Crippen MR) is 93.6 cm³/mol. The first kappa shape index (κ1) is 15.5. The molecule has 1 aliphatic carbocycles. The van der Waals surface area contributed by atoms with Gasteiger partial charge in [-0.2, -0.15) is 0 Å². The molecule has 0 bridgehead atoms. The van der Waals surface area contributed by atoms with Crippen LogP contribution in [0.15, 0.2) is 29.0 Å². The van der Waals surface area contributed by atoms with E-state index >= 15 is 0 Å². The second kappa shape index (κ2) is 6.46. The van der Waals surface area contributed by atoms with E-state index in [0.717, 1.165) is 35.0 Å². The number of anilines is 3. The first-order valence-corrected chi connectivity index (χ1v) is 8.28. The van der Waals surface area contributed by atoms with Crippen LogP contribution in [0.4, 0.5) is 17.8 Å². The molecule has 3 aromatic rings. The van der Waals surface area contributed by atoms with Crippen molar-refractivity contribution in [3.05, 3.63) is 35.9 Å². The molecular formula is C17H19N7O. The smallest absolute Gasteiger partial charge is 0.231 e. The van der Waals surface area contributed by atoms with Gasteiger partial charge in [0.1, 0.15) is 0 Å². The first-order valence-electron chi connectivity index (χ1n) is 8.28. The Morgan fingerprint density at radius 2 is 2.08 bits per heavy atom. The third kappa shape index (κ3) is 3.57. The van der Waals surface area contributed by atoms with E-state index in [2.05, 4.69) is 35.7 Å². The maximum atomic E-state index is 5.15. The van der Waals surface area contributed by atoms with Crippen LogP contribution in [0.2, 0.25) is 0 Å². The van der Waals surface area contributed by atoms with Crippen molar-refractivity contribution in [2.24, 2.45) is 5.92 Å². The molecule has 2 N–H and O–H groups in total. The average molecular weight is 337 g/mol. The van der Waals surface area contributed by atoms with Crippen molar-refractivity contribution in [2.45, 2.75) is 26.2 Å². The lowest BCUT2D eigenvalue weighted by Gasteiger charge is -2.10. The number of aromatic nitrogens is 5. The molecule has 0 aromatic carbocycles. The van der Waals surface area contributed by atoms with Crippen LogP contribution in [0.1, 0.15) is 24.2 Å². The Kier molecular flexibility index (Phi) is 4.01. The van der Waals surface area contributed by atoms with E-state index in [0.29, 0.717) is 17.8 Å². The highest BCUT2D eigenvalue weighted by atomic mass is 16.5. The molecule has 4 rings (SSSR count). The van der Waals surface area contributed by atoms with Crippen molar-refractivity contribution in [3.8, 4) is 11.3 Å². The van der Waals surface area contributed by atoms with Gasteiger partial charge in [-0.3, -0.25) is 5.32 Å². The van der Waals surface area contributed by atoms with E-state index < -0.39 is 0 Å². The molecule has 8 nitrogen and oxygen atoms in total. The zero-order valence-corrected chi connectivity index (χ0v) is 14.2. The molecule has 3 heterocycles. The van der Waals surface area contributed by atoms with Crippen LogP contribution in [0.5, 0.6) is 0 Å².